The molecule has 6 heteroatoms. The average Bonchev–Trinajstić information content (AvgIpc) is 3.09. The summed E-state index contributed by atoms with van der Waals surface area (Å²) in [6.07, 6.45) is 0.737. The number of carbonyl (C=O) groups is 1. The Bertz CT molecular complexity index is 668. The minimum atomic E-state index is -0.187. The number of fused-ring (bicyclic) bond motifs is 2. The Morgan fingerprint density at radius 3 is 3.05 bits per heavy atom. The predicted molar refractivity (Wildman–Crippen MR) is 82.9 cm³/mol. The molecule has 21 heavy (non-hydrogen) atoms. The number of para-hydroxylation sites is 1. The van der Waals surface area contributed by atoms with Crippen molar-refractivity contribution >= 4 is 32.8 Å². The molecule has 110 valence electrons. The van der Waals surface area contributed by atoms with Crippen LogP contribution in [0.1, 0.15) is 13.3 Å². The molecule has 3 heterocycles. The number of carbonyl (C=O) groups excluding carboxylic acids is 1. The van der Waals surface area contributed by atoms with Gasteiger partial charge in [-0.05, 0) is 18.6 Å². The highest BCUT2D eigenvalue weighted by molar-refractivity contribution is 7.22. The fourth-order valence-electron chi connectivity index (χ4n) is 3.22. The third kappa shape index (κ3) is 1.89. The second-order valence-electron chi connectivity index (χ2n) is 5.67. The number of anilines is 1. The summed E-state index contributed by atoms with van der Waals surface area (Å²) in [6, 6.07) is 8.20. The number of nitrogens with zero attached hydrogens (tertiary/aromatic N) is 3. The van der Waals surface area contributed by atoms with Gasteiger partial charge >= 0.3 is 6.09 Å². The quantitative estimate of drug-likeness (QED) is 0.856. The van der Waals surface area contributed by atoms with Gasteiger partial charge in [0.25, 0.3) is 0 Å². The van der Waals surface area contributed by atoms with Crippen molar-refractivity contribution in [1.82, 2.24) is 9.88 Å². The van der Waals surface area contributed by atoms with Crippen molar-refractivity contribution in [2.45, 2.75) is 18.9 Å². The van der Waals surface area contributed by atoms with Gasteiger partial charge in [-0.15, -0.1) is 0 Å². The number of benzene rings is 1. The highest BCUT2D eigenvalue weighted by Gasteiger charge is 2.49. The maximum absolute atomic E-state index is 11.8. The van der Waals surface area contributed by atoms with Gasteiger partial charge in [-0.2, -0.15) is 0 Å². The lowest BCUT2D eigenvalue weighted by atomic mass is 9.93. The zero-order chi connectivity index (χ0) is 14.4. The van der Waals surface area contributed by atoms with Crippen molar-refractivity contribution in [1.29, 1.82) is 0 Å². The second-order valence-corrected chi connectivity index (χ2v) is 6.68. The van der Waals surface area contributed by atoms with E-state index in [0.717, 1.165) is 30.2 Å². The molecule has 2 fully saturated rings. The molecule has 0 aliphatic carbocycles. The van der Waals surface area contributed by atoms with Crippen LogP contribution in [0, 0.1) is 0 Å². The first-order valence-electron chi connectivity index (χ1n) is 7.27. The van der Waals surface area contributed by atoms with Gasteiger partial charge in [-0.25, -0.2) is 9.78 Å². The Kier molecular flexibility index (Phi) is 2.82. The van der Waals surface area contributed by atoms with E-state index in [1.54, 1.807) is 11.3 Å². The number of rotatable bonds is 2. The lowest BCUT2D eigenvalue weighted by Crippen LogP contribution is -2.61. The normalized spacial score (nSPS) is 25.3. The van der Waals surface area contributed by atoms with E-state index < -0.39 is 0 Å². The van der Waals surface area contributed by atoms with E-state index in [1.165, 1.54) is 4.70 Å². The minimum Gasteiger partial charge on any atom is -0.447 e. The molecule has 0 spiro atoms. The first-order chi connectivity index (χ1) is 10.2. The van der Waals surface area contributed by atoms with Gasteiger partial charge < -0.3 is 9.64 Å². The minimum absolute atomic E-state index is 0.166. The van der Waals surface area contributed by atoms with Gasteiger partial charge in [0.1, 0.15) is 6.61 Å². The molecule has 0 bridgehead atoms. The number of hydrogen-bond acceptors (Lipinski definition) is 5. The van der Waals surface area contributed by atoms with Crippen molar-refractivity contribution in [2.24, 2.45) is 0 Å². The van der Waals surface area contributed by atoms with Crippen LogP contribution in [0.3, 0.4) is 0 Å². The molecule has 0 radical (unpaired) electrons. The van der Waals surface area contributed by atoms with Crippen LogP contribution in [0.5, 0.6) is 0 Å². The molecule has 1 amide bonds. The molecule has 2 aliphatic rings. The largest absolute Gasteiger partial charge is 0.447 e. The summed E-state index contributed by atoms with van der Waals surface area (Å²) in [4.78, 5) is 20.8. The molecule has 2 saturated heterocycles. The Morgan fingerprint density at radius 2 is 2.24 bits per heavy atom. The molecule has 5 nitrogen and oxygen atoms in total. The summed E-state index contributed by atoms with van der Waals surface area (Å²) < 4.78 is 6.49. The van der Waals surface area contributed by atoms with Gasteiger partial charge in [0.05, 0.1) is 15.8 Å². The Balaban J connectivity index is 1.66. The monoisotopic (exact) mass is 303 g/mol. The number of hydrogen-bond donors (Lipinski definition) is 0. The van der Waals surface area contributed by atoms with Crippen LogP contribution in [0.25, 0.3) is 10.2 Å². The number of aromatic nitrogens is 1. The van der Waals surface area contributed by atoms with E-state index in [0.29, 0.717) is 13.2 Å². The molecular weight excluding hydrogens is 286 g/mol. The molecule has 1 aromatic carbocycles. The maximum atomic E-state index is 11.8. The van der Waals surface area contributed by atoms with Crippen LogP contribution in [-0.4, -0.2) is 47.8 Å². The van der Waals surface area contributed by atoms with Crippen LogP contribution in [0.2, 0.25) is 0 Å². The zero-order valence-corrected chi connectivity index (χ0v) is 12.7. The lowest BCUT2D eigenvalue weighted by Gasteiger charge is -2.44. The van der Waals surface area contributed by atoms with E-state index in [2.05, 4.69) is 17.9 Å². The van der Waals surface area contributed by atoms with Crippen LogP contribution in [-0.2, 0) is 4.74 Å². The summed E-state index contributed by atoms with van der Waals surface area (Å²) >= 11 is 1.72. The van der Waals surface area contributed by atoms with Gasteiger partial charge in [0.2, 0.25) is 0 Å². The molecule has 4 rings (SSSR count). The third-order valence-electron chi connectivity index (χ3n) is 4.55. The molecule has 1 atom stereocenters. The highest BCUT2D eigenvalue weighted by Crippen LogP contribution is 2.36. The van der Waals surface area contributed by atoms with Crippen molar-refractivity contribution in [2.75, 3.05) is 31.1 Å². The van der Waals surface area contributed by atoms with E-state index >= 15 is 0 Å². The van der Waals surface area contributed by atoms with Crippen molar-refractivity contribution in [3.8, 4) is 0 Å². The first-order valence-corrected chi connectivity index (χ1v) is 8.08. The summed E-state index contributed by atoms with van der Waals surface area (Å²) in [5.41, 5.74) is 0.858. The zero-order valence-electron chi connectivity index (χ0n) is 11.9. The number of ether oxygens (including phenoxy) is 1. The molecular formula is C15H17N3O2S. The molecule has 2 aliphatic heterocycles. The number of piperazine rings is 1. The first kappa shape index (κ1) is 12.9. The van der Waals surface area contributed by atoms with Crippen LogP contribution < -0.4 is 4.90 Å². The number of thiazole rings is 1. The van der Waals surface area contributed by atoms with E-state index in [1.807, 2.05) is 23.1 Å². The summed E-state index contributed by atoms with van der Waals surface area (Å²) in [5.74, 6) is 0. The predicted octanol–water partition coefficient (Wildman–Crippen LogP) is 2.72. The SMILES string of the molecule is CCC12COC(=O)N1CCN(c1nc3ccccc3s1)C2. The summed E-state index contributed by atoms with van der Waals surface area (Å²) in [6.45, 7) is 4.94. The summed E-state index contributed by atoms with van der Waals surface area (Å²) in [5, 5.41) is 1.04. The van der Waals surface area contributed by atoms with E-state index in [4.69, 9.17) is 9.72 Å². The average molecular weight is 303 g/mol. The molecule has 0 N–H and O–H groups in total. The van der Waals surface area contributed by atoms with Crippen LogP contribution in [0.15, 0.2) is 24.3 Å². The number of cyclic esters (lactones) is 1. The molecule has 1 aromatic heterocycles. The van der Waals surface area contributed by atoms with Crippen molar-refractivity contribution in [3.05, 3.63) is 24.3 Å². The second kappa shape index (κ2) is 4.59. The fourth-order valence-corrected chi connectivity index (χ4v) is 4.21. The van der Waals surface area contributed by atoms with E-state index in [-0.39, 0.29) is 11.6 Å². The molecule has 0 saturated carbocycles. The summed E-state index contributed by atoms with van der Waals surface area (Å²) in [7, 11) is 0. The maximum Gasteiger partial charge on any atom is 0.410 e. The highest BCUT2D eigenvalue weighted by atomic mass is 32.1. The van der Waals surface area contributed by atoms with Gasteiger partial charge in [0.15, 0.2) is 5.13 Å². The third-order valence-corrected chi connectivity index (χ3v) is 5.64. The van der Waals surface area contributed by atoms with Crippen molar-refractivity contribution < 1.29 is 9.53 Å². The van der Waals surface area contributed by atoms with Gasteiger partial charge in [0, 0.05) is 19.6 Å². The Labute approximate surface area is 127 Å². The van der Waals surface area contributed by atoms with Crippen LogP contribution in [0.4, 0.5) is 9.93 Å². The van der Waals surface area contributed by atoms with E-state index in [9.17, 15) is 4.79 Å². The van der Waals surface area contributed by atoms with Gasteiger partial charge in [-0.3, -0.25) is 4.90 Å². The fraction of sp³-hybridized carbons (Fsp3) is 0.467. The molecule has 2 aromatic rings. The van der Waals surface area contributed by atoms with Gasteiger partial charge in [-0.1, -0.05) is 30.4 Å². The lowest BCUT2D eigenvalue weighted by molar-refractivity contribution is 0.137. The topological polar surface area (TPSA) is 45.7 Å². The standard InChI is InChI=1S/C15H17N3O2S/c1-2-15-9-17(7-8-18(15)14(19)20-10-15)13-16-11-5-3-4-6-12(11)21-13/h3-6H,2,7-10H2,1H3. The molecule has 1 unspecified atom stereocenters. The van der Waals surface area contributed by atoms with Crippen molar-refractivity contribution in [3.63, 3.8) is 0 Å². The number of amides is 1. The van der Waals surface area contributed by atoms with Crippen LogP contribution >= 0.6 is 11.3 Å². The smallest absolute Gasteiger partial charge is 0.410 e. The Hall–Kier alpha value is -1.82. The Morgan fingerprint density at radius 1 is 1.38 bits per heavy atom.